The van der Waals surface area contributed by atoms with Gasteiger partial charge in [0, 0.05) is 5.71 Å². The average molecular weight is 231 g/mol. The molecule has 0 atom stereocenters. The third kappa shape index (κ3) is 3.58. The lowest BCUT2D eigenvalue weighted by molar-refractivity contribution is 0.299. The number of aliphatic imine (C=N–C) groups is 1. The Morgan fingerprint density at radius 3 is 2.76 bits per heavy atom. The van der Waals surface area contributed by atoms with Crippen molar-refractivity contribution in [1.29, 1.82) is 0 Å². The summed E-state index contributed by atoms with van der Waals surface area (Å²) < 4.78 is 5.75. The van der Waals surface area contributed by atoms with E-state index in [2.05, 4.69) is 37.9 Å². The molecule has 0 bridgehead atoms. The zero-order valence-electron chi connectivity index (χ0n) is 11.0. The first kappa shape index (κ1) is 12.2. The van der Waals surface area contributed by atoms with Crippen LogP contribution >= 0.6 is 0 Å². The molecule has 1 aliphatic carbocycles. The largest absolute Gasteiger partial charge is 0.493 e. The summed E-state index contributed by atoms with van der Waals surface area (Å²) in [7, 11) is 0. The van der Waals surface area contributed by atoms with Gasteiger partial charge in [-0.1, -0.05) is 6.92 Å². The fourth-order valence-corrected chi connectivity index (χ4v) is 1.63. The third-order valence-electron chi connectivity index (χ3n) is 3.17. The maximum absolute atomic E-state index is 5.75. The molecule has 17 heavy (non-hydrogen) atoms. The molecule has 92 valence electrons. The highest BCUT2D eigenvalue weighted by atomic mass is 16.5. The van der Waals surface area contributed by atoms with Crippen molar-refractivity contribution in [3.8, 4) is 5.75 Å². The van der Waals surface area contributed by atoms with Crippen LogP contribution < -0.4 is 4.74 Å². The van der Waals surface area contributed by atoms with Gasteiger partial charge in [-0.05, 0) is 62.8 Å². The Labute approximate surface area is 104 Å². The molecule has 1 aliphatic rings. The Morgan fingerprint density at radius 1 is 1.41 bits per heavy atom. The van der Waals surface area contributed by atoms with Gasteiger partial charge < -0.3 is 4.74 Å². The molecule has 0 N–H and O–H groups in total. The van der Waals surface area contributed by atoms with Gasteiger partial charge in [-0.15, -0.1) is 0 Å². The molecule has 0 aromatic heterocycles. The quantitative estimate of drug-likeness (QED) is 0.693. The number of rotatable bonds is 5. The average Bonchev–Trinajstić information content (AvgIpc) is 3.13. The van der Waals surface area contributed by atoms with Crippen LogP contribution in [0.2, 0.25) is 0 Å². The van der Waals surface area contributed by atoms with Gasteiger partial charge in [-0.2, -0.15) is 0 Å². The molecule has 1 aromatic carbocycles. The molecule has 0 aliphatic heterocycles. The van der Waals surface area contributed by atoms with Crippen LogP contribution in [0.25, 0.3) is 0 Å². The maximum atomic E-state index is 5.75. The lowest BCUT2D eigenvalue weighted by Gasteiger charge is -2.08. The van der Waals surface area contributed by atoms with E-state index in [-0.39, 0.29) is 0 Å². The lowest BCUT2D eigenvalue weighted by Crippen LogP contribution is -1.98. The second-order valence-corrected chi connectivity index (χ2v) is 4.90. The number of hydrogen-bond donors (Lipinski definition) is 0. The van der Waals surface area contributed by atoms with Crippen molar-refractivity contribution in [3.05, 3.63) is 23.8 Å². The normalized spacial score (nSPS) is 16.1. The van der Waals surface area contributed by atoms with Gasteiger partial charge in [0.1, 0.15) is 5.75 Å². The monoisotopic (exact) mass is 231 g/mol. The molecule has 0 saturated heterocycles. The molecule has 1 aromatic rings. The molecule has 2 heteroatoms. The summed E-state index contributed by atoms with van der Waals surface area (Å²) in [6.45, 7) is 7.15. The van der Waals surface area contributed by atoms with Gasteiger partial charge in [0.05, 0.1) is 12.3 Å². The fourth-order valence-electron chi connectivity index (χ4n) is 1.63. The van der Waals surface area contributed by atoms with Crippen LogP contribution in [0.4, 0.5) is 5.69 Å². The molecule has 0 amide bonds. The molecule has 0 unspecified atom stereocenters. The summed E-state index contributed by atoms with van der Waals surface area (Å²) >= 11 is 0. The van der Waals surface area contributed by atoms with Gasteiger partial charge in [0.15, 0.2) is 0 Å². The van der Waals surface area contributed by atoms with E-state index in [0.29, 0.717) is 0 Å². The highest BCUT2D eigenvalue weighted by molar-refractivity contribution is 5.84. The Hall–Kier alpha value is -1.31. The predicted octanol–water partition coefficient (Wildman–Crippen LogP) is 4.29. The van der Waals surface area contributed by atoms with E-state index in [9.17, 15) is 0 Å². The van der Waals surface area contributed by atoms with Crippen molar-refractivity contribution < 1.29 is 4.74 Å². The second kappa shape index (κ2) is 5.35. The van der Waals surface area contributed by atoms with Gasteiger partial charge in [-0.3, -0.25) is 4.99 Å². The third-order valence-corrected chi connectivity index (χ3v) is 3.17. The SMILES string of the molecule is CC/C(C)=N/c1ccc(OCC2CC2)cc1C. The molecule has 1 fully saturated rings. The first-order valence-corrected chi connectivity index (χ1v) is 6.46. The fraction of sp³-hybridized carbons (Fsp3) is 0.533. The topological polar surface area (TPSA) is 21.6 Å². The Bertz CT molecular complexity index is 419. The minimum absolute atomic E-state index is 0.801. The van der Waals surface area contributed by atoms with E-state index in [1.807, 2.05) is 6.07 Å². The number of hydrogen-bond acceptors (Lipinski definition) is 2. The number of aryl methyl sites for hydroxylation is 1. The van der Waals surface area contributed by atoms with Crippen LogP contribution in [0, 0.1) is 12.8 Å². The van der Waals surface area contributed by atoms with Crippen molar-refractivity contribution in [2.75, 3.05) is 6.61 Å². The summed E-state index contributed by atoms with van der Waals surface area (Å²) in [4.78, 5) is 4.59. The first-order chi connectivity index (χ1) is 8.19. The van der Waals surface area contributed by atoms with E-state index in [1.54, 1.807) is 0 Å². The molecular formula is C15H21NO. The Kier molecular flexibility index (Phi) is 3.82. The summed E-state index contributed by atoms with van der Waals surface area (Å²) in [5.74, 6) is 1.78. The van der Waals surface area contributed by atoms with Crippen molar-refractivity contribution >= 4 is 11.4 Å². The van der Waals surface area contributed by atoms with Crippen LogP contribution in [-0.4, -0.2) is 12.3 Å². The molecule has 2 rings (SSSR count). The number of nitrogens with zero attached hydrogens (tertiary/aromatic N) is 1. The molecule has 0 heterocycles. The lowest BCUT2D eigenvalue weighted by atomic mass is 10.2. The van der Waals surface area contributed by atoms with Crippen molar-refractivity contribution in [3.63, 3.8) is 0 Å². The molecule has 1 saturated carbocycles. The highest BCUT2D eigenvalue weighted by Gasteiger charge is 2.21. The molecular weight excluding hydrogens is 210 g/mol. The molecule has 0 spiro atoms. The standard InChI is InChI=1S/C15H21NO/c1-4-12(3)16-15-8-7-14(9-11(15)2)17-10-13-5-6-13/h7-9,13H,4-6,10H2,1-3H3/b16-12+. The van der Waals surface area contributed by atoms with E-state index in [1.165, 1.54) is 24.1 Å². The van der Waals surface area contributed by atoms with Crippen molar-refractivity contribution in [2.45, 2.75) is 40.0 Å². The van der Waals surface area contributed by atoms with Crippen LogP contribution in [0.1, 0.15) is 38.7 Å². The zero-order valence-corrected chi connectivity index (χ0v) is 11.0. The van der Waals surface area contributed by atoms with Gasteiger partial charge in [0.2, 0.25) is 0 Å². The first-order valence-electron chi connectivity index (χ1n) is 6.46. The van der Waals surface area contributed by atoms with Crippen molar-refractivity contribution in [1.82, 2.24) is 0 Å². The number of ether oxygens (including phenoxy) is 1. The Balaban J connectivity index is 2.04. The van der Waals surface area contributed by atoms with Crippen molar-refractivity contribution in [2.24, 2.45) is 10.9 Å². The molecule has 2 nitrogen and oxygen atoms in total. The minimum atomic E-state index is 0.801. The van der Waals surface area contributed by atoms with E-state index >= 15 is 0 Å². The maximum Gasteiger partial charge on any atom is 0.119 e. The van der Waals surface area contributed by atoms with E-state index in [4.69, 9.17) is 4.74 Å². The summed E-state index contributed by atoms with van der Waals surface area (Å²) in [6.07, 6.45) is 3.66. The van der Waals surface area contributed by atoms with Gasteiger partial charge >= 0.3 is 0 Å². The van der Waals surface area contributed by atoms with Crippen LogP contribution in [0.15, 0.2) is 23.2 Å². The predicted molar refractivity (Wildman–Crippen MR) is 72.5 cm³/mol. The second-order valence-electron chi connectivity index (χ2n) is 4.90. The number of benzene rings is 1. The smallest absolute Gasteiger partial charge is 0.119 e. The van der Waals surface area contributed by atoms with Crippen LogP contribution in [0.3, 0.4) is 0 Å². The summed E-state index contributed by atoms with van der Waals surface area (Å²) in [5.41, 5.74) is 3.41. The highest BCUT2D eigenvalue weighted by Crippen LogP contribution is 2.30. The van der Waals surface area contributed by atoms with E-state index < -0.39 is 0 Å². The van der Waals surface area contributed by atoms with Crippen LogP contribution in [0.5, 0.6) is 5.75 Å². The molecule has 0 radical (unpaired) electrons. The van der Waals surface area contributed by atoms with Gasteiger partial charge in [-0.25, -0.2) is 0 Å². The van der Waals surface area contributed by atoms with E-state index in [0.717, 1.165) is 30.4 Å². The van der Waals surface area contributed by atoms with Crippen LogP contribution in [-0.2, 0) is 0 Å². The zero-order chi connectivity index (χ0) is 12.3. The minimum Gasteiger partial charge on any atom is -0.493 e. The summed E-state index contributed by atoms with van der Waals surface area (Å²) in [6, 6.07) is 6.16. The summed E-state index contributed by atoms with van der Waals surface area (Å²) in [5, 5.41) is 0. The Morgan fingerprint density at radius 2 is 2.18 bits per heavy atom. The van der Waals surface area contributed by atoms with Gasteiger partial charge in [0.25, 0.3) is 0 Å².